The molecule has 8 heteroatoms. The van der Waals surface area contributed by atoms with E-state index in [1.165, 1.54) is 12.4 Å². The molecule has 144 valence electrons. The second-order valence-electron chi connectivity index (χ2n) is 6.08. The molecule has 3 rings (SSSR count). The molecule has 0 saturated carbocycles. The SMILES string of the molecule is COc1ccc(OCCNc2cnc(C(=O)NCC3CCCO3)cn2)cc1. The Hall–Kier alpha value is -2.87. The summed E-state index contributed by atoms with van der Waals surface area (Å²) in [7, 11) is 1.62. The molecule has 1 aromatic carbocycles. The number of aromatic nitrogens is 2. The first-order valence-electron chi connectivity index (χ1n) is 8.97. The molecule has 27 heavy (non-hydrogen) atoms. The van der Waals surface area contributed by atoms with E-state index in [1.54, 1.807) is 7.11 Å². The number of carbonyl (C=O) groups is 1. The van der Waals surface area contributed by atoms with Gasteiger partial charge in [-0.05, 0) is 37.1 Å². The third kappa shape index (κ3) is 5.82. The molecule has 1 amide bonds. The fourth-order valence-corrected chi connectivity index (χ4v) is 2.66. The van der Waals surface area contributed by atoms with Crippen molar-refractivity contribution in [3.05, 3.63) is 42.4 Å². The van der Waals surface area contributed by atoms with Crippen LogP contribution in [0.3, 0.4) is 0 Å². The van der Waals surface area contributed by atoms with E-state index >= 15 is 0 Å². The van der Waals surface area contributed by atoms with Gasteiger partial charge in [-0.3, -0.25) is 4.79 Å². The number of methoxy groups -OCH3 is 1. The molecule has 2 N–H and O–H groups in total. The van der Waals surface area contributed by atoms with Crippen LogP contribution in [0.4, 0.5) is 5.82 Å². The molecule has 2 aromatic rings. The first kappa shape index (κ1) is 18.9. The van der Waals surface area contributed by atoms with Crippen LogP contribution in [0.25, 0.3) is 0 Å². The molecule has 2 heterocycles. The van der Waals surface area contributed by atoms with Crippen LogP contribution in [0, 0.1) is 0 Å². The van der Waals surface area contributed by atoms with E-state index < -0.39 is 0 Å². The van der Waals surface area contributed by atoms with Gasteiger partial charge < -0.3 is 24.8 Å². The molecule has 1 unspecified atom stereocenters. The smallest absolute Gasteiger partial charge is 0.271 e. The van der Waals surface area contributed by atoms with Crippen LogP contribution in [0.5, 0.6) is 11.5 Å². The van der Waals surface area contributed by atoms with Crippen molar-refractivity contribution in [3.8, 4) is 11.5 Å². The number of carbonyl (C=O) groups excluding carboxylic acids is 1. The Labute approximate surface area is 158 Å². The summed E-state index contributed by atoms with van der Waals surface area (Å²) in [4.78, 5) is 20.4. The van der Waals surface area contributed by atoms with Gasteiger partial charge in [0, 0.05) is 13.2 Å². The molecular formula is C19H24N4O4. The van der Waals surface area contributed by atoms with E-state index in [2.05, 4.69) is 20.6 Å². The molecule has 8 nitrogen and oxygen atoms in total. The highest BCUT2D eigenvalue weighted by molar-refractivity contribution is 5.92. The van der Waals surface area contributed by atoms with E-state index in [0.29, 0.717) is 25.5 Å². The summed E-state index contributed by atoms with van der Waals surface area (Å²) >= 11 is 0. The summed E-state index contributed by atoms with van der Waals surface area (Å²) in [5, 5.41) is 5.93. The molecule has 1 fully saturated rings. The standard InChI is InChI=1S/C19H24N4O4/c1-25-14-4-6-15(7-5-14)27-10-8-20-18-13-21-17(12-22-18)19(24)23-11-16-3-2-9-26-16/h4-7,12-13,16H,2-3,8-11H2,1H3,(H,20,22)(H,23,24). The van der Waals surface area contributed by atoms with Gasteiger partial charge in [0.25, 0.3) is 5.91 Å². The predicted molar refractivity (Wildman–Crippen MR) is 100 cm³/mol. The lowest BCUT2D eigenvalue weighted by Gasteiger charge is -2.11. The largest absolute Gasteiger partial charge is 0.497 e. The lowest BCUT2D eigenvalue weighted by atomic mass is 10.2. The van der Waals surface area contributed by atoms with E-state index in [1.807, 2.05) is 24.3 Å². The van der Waals surface area contributed by atoms with Crippen molar-refractivity contribution in [2.24, 2.45) is 0 Å². The first-order valence-corrected chi connectivity index (χ1v) is 8.97. The Balaban J connectivity index is 1.37. The summed E-state index contributed by atoms with van der Waals surface area (Å²) in [6.45, 7) is 2.30. The number of nitrogens with one attached hydrogen (secondary N) is 2. The average Bonchev–Trinajstić information content (AvgIpc) is 3.24. The van der Waals surface area contributed by atoms with E-state index in [4.69, 9.17) is 14.2 Å². The molecule has 1 atom stereocenters. The zero-order chi connectivity index (χ0) is 18.9. The highest BCUT2D eigenvalue weighted by Crippen LogP contribution is 2.16. The van der Waals surface area contributed by atoms with Crippen molar-refractivity contribution in [2.75, 3.05) is 38.7 Å². The molecular weight excluding hydrogens is 348 g/mol. The fourth-order valence-electron chi connectivity index (χ4n) is 2.66. The van der Waals surface area contributed by atoms with Crippen LogP contribution in [0.2, 0.25) is 0 Å². The zero-order valence-corrected chi connectivity index (χ0v) is 15.3. The summed E-state index contributed by atoms with van der Waals surface area (Å²) in [6, 6.07) is 7.39. The molecule has 1 aliphatic rings. The van der Waals surface area contributed by atoms with Crippen molar-refractivity contribution in [1.82, 2.24) is 15.3 Å². The van der Waals surface area contributed by atoms with Gasteiger partial charge in [-0.1, -0.05) is 0 Å². The topological polar surface area (TPSA) is 94.6 Å². The quantitative estimate of drug-likeness (QED) is 0.649. The van der Waals surface area contributed by atoms with Crippen LogP contribution in [-0.2, 0) is 4.74 Å². The highest BCUT2D eigenvalue weighted by atomic mass is 16.5. The summed E-state index contributed by atoms with van der Waals surface area (Å²) < 4.78 is 16.2. The molecule has 0 bridgehead atoms. The van der Waals surface area contributed by atoms with Crippen LogP contribution in [0.15, 0.2) is 36.7 Å². The minimum Gasteiger partial charge on any atom is -0.497 e. The van der Waals surface area contributed by atoms with Crippen LogP contribution in [0.1, 0.15) is 23.3 Å². The second-order valence-corrected chi connectivity index (χ2v) is 6.08. The number of anilines is 1. The van der Waals surface area contributed by atoms with Crippen molar-refractivity contribution in [1.29, 1.82) is 0 Å². The van der Waals surface area contributed by atoms with Gasteiger partial charge in [-0.25, -0.2) is 9.97 Å². The molecule has 1 aromatic heterocycles. The maximum absolute atomic E-state index is 12.1. The third-order valence-corrected chi connectivity index (χ3v) is 4.14. The highest BCUT2D eigenvalue weighted by Gasteiger charge is 2.17. The van der Waals surface area contributed by atoms with Crippen molar-refractivity contribution < 1.29 is 19.0 Å². The maximum atomic E-state index is 12.1. The van der Waals surface area contributed by atoms with Crippen LogP contribution in [-0.4, -0.2) is 55.4 Å². The first-order chi connectivity index (χ1) is 13.2. The number of benzene rings is 1. The Kier molecular flexibility index (Phi) is 6.81. The van der Waals surface area contributed by atoms with Gasteiger partial charge in [-0.15, -0.1) is 0 Å². The van der Waals surface area contributed by atoms with Gasteiger partial charge >= 0.3 is 0 Å². The minimum absolute atomic E-state index is 0.105. The number of hydrogen-bond acceptors (Lipinski definition) is 7. The third-order valence-electron chi connectivity index (χ3n) is 4.14. The van der Waals surface area contributed by atoms with Crippen molar-refractivity contribution >= 4 is 11.7 Å². The number of nitrogens with zero attached hydrogens (tertiary/aromatic N) is 2. The van der Waals surface area contributed by atoms with E-state index in [0.717, 1.165) is 30.9 Å². The van der Waals surface area contributed by atoms with Gasteiger partial charge in [0.05, 0.1) is 32.2 Å². The van der Waals surface area contributed by atoms with Gasteiger partial charge in [0.1, 0.15) is 29.6 Å². The summed E-state index contributed by atoms with van der Waals surface area (Å²) in [5.41, 5.74) is 0.285. The van der Waals surface area contributed by atoms with Crippen molar-refractivity contribution in [2.45, 2.75) is 18.9 Å². The van der Waals surface area contributed by atoms with E-state index in [9.17, 15) is 4.79 Å². The second kappa shape index (κ2) is 9.72. The molecule has 0 spiro atoms. The molecule has 0 aliphatic carbocycles. The lowest BCUT2D eigenvalue weighted by molar-refractivity contribution is 0.0853. The molecule has 0 radical (unpaired) electrons. The maximum Gasteiger partial charge on any atom is 0.271 e. The Morgan fingerprint density at radius 1 is 1.22 bits per heavy atom. The zero-order valence-electron chi connectivity index (χ0n) is 15.3. The number of rotatable bonds is 9. The van der Waals surface area contributed by atoms with Gasteiger partial charge in [0.2, 0.25) is 0 Å². The number of ether oxygens (including phenoxy) is 3. The van der Waals surface area contributed by atoms with Gasteiger partial charge in [0.15, 0.2) is 0 Å². The van der Waals surface area contributed by atoms with E-state index in [-0.39, 0.29) is 17.7 Å². The van der Waals surface area contributed by atoms with Crippen molar-refractivity contribution in [3.63, 3.8) is 0 Å². The Bertz CT molecular complexity index is 715. The normalized spacial score (nSPS) is 16.0. The predicted octanol–water partition coefficient (Wildman–Crippen LogP) is 1.88. The molecule has 1 aliphatic heterocycles. The number of hydrogen-bond donors (Lipinski definition) is 2. The molecule has 1 saturated heterocycles. The monoisotopic (exact) mass is 372 g/mol. The Morgan fingerprint density at radius 3 is 2.70 bits per heavy atom. The number of amides is 1. The minimum atomic E-state index is -0.243. The Morgan fingerprint density at radius 2 is 2.04 bits per heavy atom. The van der Waals surface area contributed by atoms with Crippen LogP contribution >= 0.6 is 0 Å². The summed E-state index contributed by atoms with van der Waals surface area (Å²) in [5.74, 6) is 1.90. The summed E-state index contributed by atoms with van der Waals surface area (Å²) in [6.07, 6.45) is 5.12. The lowest BCUT2D eigenvalue weighted by Crippen LogP contribution is -2.32. The average molecular weight is 372 g/mol. The fraction of sp³-hybridized carbons (Fsp3) is 0.421. The van der Waals surface area contributed by atoms with Crippen LogP contribution < -0.4 is 20.1 Å². The van der Waals surface area contributed by atoms with Gasteiger partial charge in [-0.2, -0.15) is 0 Å².